The fourth-order valence-corrected chi connectivity index (χ4v) is 2.96. The van der Waals surface area contributed by atoms with Crippen molar-refractivity contribution in [3.05, 3.63) is 59.9 Å². The molecule has 1 heterocycles. The van der Waals surface area contributed by atoms with Crippen molar-refractivity contribution in [2.24, 2.45) is 0 Å². The number of hydrogen-bond acceptors (Lipinski definition) is 5. The lowest BCUT2D eigenvalue weighted by Gasteiger charge is -2.15. The van der Waals surface area contributed by atoms with Gasteiger partial charge in [0.25, 0.3) is 0 Å². The standard InChI is InChI=1S/C21H24N2O4/c1-3-20-22-18-7-5-6-8-19(18)23(20)13-16(24)14-27-17-11-9-15(10-12-17)21(25)26-4-2/h5-12,16,24H,3-4,13-14H2,1-2H3. The number of benzene rings is 2. The summed E-state index contributed by atoms with van der Waals surface area (Å²) in [6.07, 6.45) is 0.107. The number of esters is 1. The first-order valence-corrected chi connectivity index (χ1v) is 9.14. The summed E-state index contributed by atoms with van der Waals surface area (Å²) in [5.74, 6) is 1.17. The molecule has 0 saturated heterocycles. The Kier molecular flexibility index (Phi) is 6.08. The average molecular weight is 368 g/mol. The highest BCUT2D eigenvalue weighted by Gasteiger charge is 2.14. The summed E-state index contributed by atoms with van der Waals surface area (Å²) in [6.45, 7) is 4.71. The van der Waals surface area contributed by atoms with E-state index in [9.17, 15) is 9.90 Å². The van der Waals surface area contributed by atoms with E-state index < -0.39 is 6.10 Å². The van der Waals surface area contributed by atoms with E-state index in [4.69, 9.17) is 9.47 Å². The van der Waals surface area contributed by atoms with E-state index in [1.165, 1.54) is 0 Å². The zero-order chi connectivity index (χ0) is 19.2. The largest absolute Gasteiger partial charge is 0.491 e. The third-order valence-electron chi connectivity index (χ3n) is 4.25. The minimum Gasteiger partial charge on any atom is -0.491 e. The second-order valence-electron chi connectivity index (χ2n) is 6.19. The van der Waals surface area contributed by atoms with Crippen LogP contribution in [0.1, 0.15) is 30.0 Å². The molecule has 0 aliphatic rings. The number of imidazole rings is 1. The van der Waals surface area contributed by atoms with Crippen LogP contribution in [0.2, 0.25) is 0 Å². The molecule has 0 radical (unpaired) electrons. The average Bonchev–Trinajstić information content (AvgIpc) is 3.04. The number of para-hydroxylation sites is 2. The second kappa shape index (κ2) is 8.68. The van der Waals surface area contributed by atoms with Crippen molar-refractivity contribution in [2.75, 3.05) is 13.2 Å². The molecule has 1 aromatic heterocycles. The number of hydrogen-bond donors (Lipinski definition) is 1. The first-order chi connectivity index (χ1) is 13.1. The molecule has 0 aliphatic heterocycles. The van der Waals surface area contributed by atoms with Crippen LogP contribution in [0.25, 0.3) is 11.0 Å². The Balaban J connectivity index is 1.62. The Hall–Kier alpha value is -2.86. The number of aryl methyl sites for hydroxylation is 1. The highest BCUT2D eigenvalue weighted by molar-refractivity contribution is 5.89. The van der Waals surface area contributed by atoms with E-state index in [-0.39, 0.29) is 12.6 Å². The maximum atomic E-state index is 11.7. The van der Waals surface area contributed by atoms with E-state index in [1.807, 2.05) is 35.8 Å². The first kappa shape index (κ1) is 18.9. The van der Waals surface area contributed by atoms with Gasteiger partial charge in [0.2, 0.25) is 0 Å². The van der Waals surface area contributed by atoms with Gasteiger partial charge in [0.05, 0.1) is 29.7 Å². The van der Waals surface area contributed by atoms with Gasteiger partial charge in [-0.1, -0.05) is 19.1 Å². The number of carbonyl (C=O) groups is 1. The van der Waals surface area contributed by atoms with Crippen LogP contribution in [-0.4, -0.2) is 39.9 Å². The van der Waals surface area contributed by atoms with Gasteiger partial charge < -0.3 is 19.1 Å². The number of ether oxygens (including phenoxy) is 2. The smallest absolute Gasteiger partial charge is 0.338 e. The Morgan fingerprint density at radius 1 is 1.15 bits per heavy atom. The molecule has 2 aromatic carbocycles. The normalized spacial score (nSPS) is 12.1. The van der Waals surface area contributed by atoms with Gasteiger partial charge in [-0.25, -0.2) is 9.78 Å². The molecule has 0 aliphatic carbocycles. The van der Waals surface area contributed by atoms with E-state index in [1.54, 1.807) is 31.2 Å². The molecule has 3 aromatic rings. The summed E-state index contributed by atoms with van der Waals surface area (Å²) < 4.78 is 12.6. The van der Waals surface area contributed by atoms with Crippen molar-refractivity contribution >= 4 is 17.0 Å². The fourth-order valence-electron chi connectivity index (χ4n) is 2.96. The van der Waals surface area contributed by atoms with Crippen LogP contribution in [0.3, 0.4) is 0 Å². The topological polar surface area (TPSA) is 73.6 Å². The van der Waals surface area contributed by atoms with Crippen LogP contribution in [0.5, 0.6) is 5.75 Å². The molecule has 1 atom stereocenters. The van der Waals surface area contributed by atoms with E-state index >= 15 is 0 Å². The van der Waals surface area contributed by atoms with Gasteiger partial charge in [-0.2, -0.15) is 0 Å². The molecule has 1 unspecified atom stereocenters. The molecule has 0 amide bonds. The zero-order valence-corrected chi connectivity index (χ0v) is 15.6. The molecular formula is C21H24N2O4. The summed E-state index contributed by atoms with van der Waals surface area (Å²) in [6, 6.07) is 14.6. The molecular weight excluding hydrogens is 344 g/mol. The SMILES string of the molecule is CCOC(=O)c1ccc(OCC(O)Cn2c(CC)nc3ccccc32)cc1. The fraction of sp³-hybridized carbons (Fsp3) is 0.333. The molecule has 6 nitrogen and oxygen atoms in total. The van der Waals surface area contributed by atoms with E-state index in [0.717, 1.165) is 23.3 Å². The number of aliphatic hydroxyl groups is 1. The van der Waals surface area contributed by atoms with Gasteiger partial charge in [0, 0.05) is 6.42 Å². The number of carbonyl (C=O) groups excluding carboxylic acids is 1. The minimum atomic E-state index is -0.683. The second-order valence-corrected chi connectivity index (χ2v) is 6.19. The molecule has 3 rings (SSSR count). The number of aromatic nitrogens is 2. The van der Waals surface area contributed by atoms with Gasteiger partial charge in [-0.05, 0) is 43.3 Å². The Bertz CT molecular complexity index is 902. The summed E-state index contributed by atoms with van der Waals surface area (Å²) >= 11 is 0. The minimum absolute atomic E-state index is 0.147. The number of rotatable bonds is 8. The van der Waals surface area contributed by atoms with Gasteiger partial charge in [0.1, 0.15) is 24.3 Å². The van der Waals surface area contributed by atoms with Gasteiger partial charge in [0.15, 0.2) is 0 Å². The zero-order valence-electron chi connectivity index (χ0n) is 15.6. The maximum absolute atomic E-state index is 11.7. The quantitative estimate of drug-likeness (QED) is 0.618. The summed E-state index contributed by atoms with van der Waals surface area (Å²) in [7, 11) is 0. The van der Waals surface area contributed by atoms with Crippen LogP contribution in [0, 0.1) is 0 Å². The van der Waals surface area contributed by atoms with Gasteiger partial charge in [-0.15, -0.1) is 0 Å². The molecule has 142 valence electrons. The highest BCUT2D eigenvalue weighted by Crippen LogP contribution is 2.18. The van der Waals surface area contributed by atoms with Crippen LogP contribution in [0.4, 0.5) is 0 Å². The highest BCUT2D eigenvalue weighted by atomic mass is 16.5. The van der Waals surface area contributed by atoms with Crippen molar-refractivity contribution in [2.45, 2.75) is 32.9 Å². The Morgan fingerprint density at radius 2 is 1.89 bits per heavy atom. The summed E-state index contributed by atoms with van der Waals surface area (Å²) in [5.41, 5.74) is 2.41. The number of nitrogens with zero attached hydrogens (tertiary/aromatic N) is 2. The predicted molar refractivity (Wildman–Crippen MR) is 103 cm³/mol. The maximum Gasteiger partial charge on any atom is 0.338 e. The van der Waals surface area contributed by atoms with Crippen molar-refractivity contribution in [3.63, 3.8) is 0 Å². The van der Waals surface area contributed by atoms with Crippen molar-refractivity contribution in [1.82, 2.24) is 9.55 Å². The van der Waals surface area contributed by atoms with E-state index in [0.29, 0.717) is 24.5 Å². The van der Waals surface area contributed by atoms with E-state index in [2.05, 4.69) is 4.98 Å². The Morgan fingerprint density at radius 3 is 2.59 bits per heavy atom. The molecule has 0 spiro atoms. The summed E-state index contributed by atoms with van der Waals surface area (Å²) in [5, 5.41) is 10.4. The number of fused-ring (bicyclic) bond motifs is 1. The number of aliphatic hydroxyl groups excluding tert-OH is 1. The van der Waals surface area contributed by atoms with Crippen molar-refractivity contribution in [1.29, 1.82) is 0 Å². The van der Waals surface area contributed by atoms with Crippen LogP contribution >= 0.6 is 0 Å². The molecule has 6 heteroatoms. The van der Waals surface area contributed by atoms with Gasteiger partial charge in [-0.3, -0.25) is 0 Å². The molecule has 27 heavy (non-hydrogen) atoms. The third-order valence-corrected chi connectivity index (χ3v) is 4.25. The predicted octanol–water partition coefficient (Wildman–Crippen LogP) is 3.22. The lowest BCUT2D eigenvalue weighted by atomic mass is 10.2. The van der Waals surface area contributed by atoms with Crippen molar-refractivity contribution in [3.8, 4) is 5.75 Å². The van der Waals surface area contributed by atoms with Crippen LogP contribution in [0.15, 0.2) is 48.5 Å². The lowest BCUT2D eigenvalue weighted by molar-refractivity contribution is 0.0526. The van der Waals surface area contributed by atoms with Gasteiger partial charge >= 0.3 is 5.97 Å². The molecule has 0 fully saturated rings. The third kappa shape index (κ3) is 4.46. The monoisotopic (exact) mass is 368 g/mol. The van der Waals surface area contributed by atoms with Crippen LogP contribution < -0.4 is 4.74 Å². The lowest BCUT2D eigenvalue weighted by Crippen LogP contribution is -2.24. The summed E-state index contributed by atoms with van der Waals surface area (Å²) in [4.78, 5) is 16.3. The van der Waals surface area contributed by atoms with Crippen LogP contribution in [-0.2, 0) is 17.7 Å². The molecule has 0 saturated carbocycles. The van der Waals surface area contributed by atoms with Crippen molar-refractivity contribution < 1.29 is 19.4 Å². The molecule has 1 N–H and O–H groups in total. The molecule has 0 bridgehead atoms. The first-order valence-electron chi connectivity index (χ1n) is 9.14. The Labute approximate surface area is 158 Å².